The quantitative estimate of drug-likeness (QED) is 0.720. The third-order valence-electron chi connectivity index (χ3n) is 3.51. The van der Waals surface area contributed by atoms with Gasteiger partial charge in [-0.05, 0) is 48.7 Å². The molecule has 0 spiro atoms. The van der Waals surface area contributed by atoms with Crippen molar-refractivity contribution in [2.75, 3.05) is 7.05 Å². The zero-order valence-corrected chi connectivity index (χ0v) is 12.0. The monoisotopic (exact) mass is 283 g/mol. The Balaban J connectivity index is 1.82. The molecule has 0 aliphatic carbocycles. The van der Waals surface area contributed by atoms with E-state index in [-0.39, 0.29) is 6.04 Å². The molecule has 0 saturated heterocycles. The highest BCUT2D eigenvalue weighted by molar-refractivity contribution is 5.30. The molecule has 2 heterocycles. The topological polar surface area (TPSA) is 60.0 Å². The number of tetrazole rings is 1. The van der Waals surface area contributed by atoms with Crippen molar-refractivity contribution in [1.29, 1.82) is 0 Å². The Hall–Kier alpha value is -2.47. The highest BCUT2D eigenvalue weighted by atomic mass is 16.3. The van der Waals surface area contributed by atoms with Crippen molar-refractivity contribution in [2.45, 2.75) is 19.5 Å². The summed E-state index contributed by atoms with van der Waals surface area (Å²) < 4.78 is 7.15. The minimum Gasteiger partial charge on any atom is -0.468 e. The van der Waals surface area contributed by atoms with E-state index in [9.17, 15) is 0 Å². The smallest absolute Gasteiger partial charge is 0.173 e. The summed E-state index contributed by atoms with van der Waals surface area (Å²) in [5.41, 5.74) is 0.954. The molecule has 0 bridgehead atoms. The molecular weight excluding hydrogens is 266 g/mol. The first-order chi connectivity index (χ1) is 10.3. The number of hydrogen-bond acceptors (Lipinski definition) is 5. The Morgan fingerprint density at radius 3 is 2.71 bits per heavy atom. The second kappa shape index (κ2) is 5.88. The Morgan fingerprint density at radius 1 is 1.19 bits per heavy atom. The first-order valence-electron chi connectivity index (χ1n) is 6.82. The van der Waals surface area contributed by atoms with Gasteiger partial charge in [-0.3, -0.25) is 4.90 Å². The largest absolute Gasteiger partial charge is 0.468 e. The van der Waals surface area contributed by atoms with Crippen LogP contribution in [0.5, 0.6) is 0 Å². The van der Waals surface area contributed by atoms with Crippen molar-refractivity contribution in [3.8, 4) is 5.69 Å². The van der Waals surface area contributed by atoms with Crippen LogP contribution in [0.4, 0.5) is 0 Å². The summed E-state index contributed by atoms with van der Waals surface area (Å²) in [6.07, 6.45) is 1.68. The standard InChI is InChI=1S/C15H17N5O/c1-12(19(2)11-14-9-6-10-21-14)15-16-17-18-20(15)13-7-4-3-5-8-13/h3-10,12H,11H2,1-2H3/t12-/m0/s1. The van der Waals surface area contributed by atoms with Crippen molar-refractivity contribution in [3.05, 3.63) is 60.3 Å². The zero-order chi connectivity index (χ0) is 14.7. The third kappa shape index (κ3) is 2.85. The van der Waals surface area contributed by atoms with Gasteiger partial charge < -0.3 is 4.42 Å². The zero-order valence-electron chi connectivity index (χ0n) is 12.0. The Morgan fingerprint density at radius 2 is 2.00 bits per heavy atom. The average molecular weight is 283 g/mol. The van der Waals surface area contributed by atoms with E-state index in [0.717, 1.165) is 17.3 Å². The van der Waals surface area contributed by atoms with Gasteiger partial charge in [0.25, 0.3) is 0 Å². The SMILES string of the molecule is C[C@@H](c1nnnn1-c1ccccc1)N(C)Cc1ccco1. The summed E-state index contributed by atoms with van der Waals surface area (Å²) in [4.78, 5) is 2.14. The summed E-state index contributed by atoms with van der Waals surface area (Å²) in [5.74, 6) is 1.72. The minimum atomic E-state index is 0.0605. The molecule has 21 heavy (non-hydrogen) atoms. The molecule has 0 aliphatic rings. The number of nitrogens with zero attached hydrogens (tertiary/aromatic N) is 5. The number of rotatable bonds is 5. The highest BCUT2D eigenvalue weighted by Gasteiger charge is 2.20. The molecule has 0 saturated carbocycles. The number of para-hydroxylation sites is 1. The number of furan rings is 1. The molecule has 0 radical (unpaired) electrons. The highest BCUT2D eigenvalue weighted by Crippen LogP contribution is 2.20. The van der Waals surface area contributed by atoms with Crippen LogP contribution in [0.2, 0.25) is 0 Å². The molecule has 2 aromatic heterocycles. The predicted molar refractivity (Wildman–Crippen MR) is 77.7 cm³/mol. The van der Waals surface area contributed by atoms with Gasteiger partial charge in [0.2, 0.25) is 0 Å². The third-order valence-corrected chi connectivity index (χ3v) is 3.51. The number of benzene rings is 1. The van der Waals surface area contributed by atoms with Gasteiger partial charge in [-0.1, -0.05) is 18.2 Å². The van der Waals surface area contributed by atoms with Crippen molar-refractivity contribution in [2.24, 2.45) is 0 Å². The second-order valence-corrected chi connectivity index (χ2v) is 4.95. The maximum absolute atomic E-state index is 5.39. The Kier molecular flexibility index (Phi) is 3.79. The second-order valence-electron chi connectivity index (χ2n) is 4.95. The Labute approximate surface area is 123 Å². The van der Waals surface area contributed by atoms with Gasteiger partial charge in [0.15, 0.2) is 5.82 Å². The first kappa shape index (κ1) is 13.5. The van der Waals surface area contributed by atoms with Crippen molar-refractivity contribution >= 4 is 0 Å². The normalized spacial score (nSPS) is 12.7. The van der Waals surface area contributed by atoms with Crippen LogP contribution in [-0.2, 0) is 6.54 Å². The maximum atomic E-state index is 5.39. The molecule has 0 fully saturated rings. The summed E-state index contributed by atoms with van der Waals surface area (Å²) in [7, 11) is 2.02. The van der Waals surface area contributed by atoms with Gasteiger partial charge in [-0.2, -0.15) is 4.68 Å². The Bertz CT molecular complexity index is 677. The maximum Gasteiger partial charge on any atom is 0.173 e. The minimum absolute atomic E-state index is 0.0605. The molecule has 3 rings (SSSR count). The van der Waals surface area contributed by atoms with Crippen LogP contribution in [-0.4, -0.2) is 32.2 Å². The van der Waals surface area contributed by atoms with E-state index in [0.29, 0.717) is 6.54 Å². The van der Waals surface area contributed by atoms with Crippen LogP contribution in [0.25, 0.3) is 5.69 Å². The number of aromatic nitrogens is 4. The van der Waals surface area contributed by atoms with E-state index in [1.807, 2.05) is 49.5 Å². The molecule has 1 atom stereocenters. The van der Waals surface area contributed by atoms with Gasteiger partial charge in [0, 0.05) is 0 Å². The molecule has 0 unspecified atom stereocenters. The summed E-state index contributed by atoms with van der Waals surface area (Å²) >= 11 is 0. The number of hydrogen-bond donors (Lipinski definition) is 0. The van der Waals surface area contributed by atoms with Crippen LogP contribution in [0, 0.1) is 0 Å². The molecule has 3 aromatic rings. The summed E-state index contributed by atoms with van der Waals surface area (Å²) in [6.45, 7) is 2.78. The van der Waals surface area contributed by atoms with Crippen LogP contribution in [0.15, 0.2) is 53.1 Å². The van der Waals surface area contributed by atoms with Crippen molar-refractivity contribution in [3.63, 3.8) is 0 Å². The molecular formula is C15H17N5O. The van der Waals surface area contributed by atoms with Gasteiger partial charge >= 0.3 is 0 Å². The van der Waals surface area contributed by atoms with E-state index in [4.69, 9.17) is 4.42 Å². The molecule has 6 nitrogen and oxygen atoms in total. The summed E-state index contributed by atoms with van der Waals surface area (Å²) in [6, 6.07) is 13.8. The van der Waals surface area contributed by atoms with Gasteiger partial charge in [-0.15, -0.1) is 5.10 Å². The van der Waals surface area contributed by atoms with Crippen LogP contribution in [0.1, 0.15) is 24.6 Å². The molecule has 1 aromatic carbocycles. The van der Waals surface area contributed by atoms with E-state index in [1.165, 1.54) is 0 Å². The predicted octanol–water partition coefficient (Wildman–Crippen LogP) is 2.45. The lowest BCUT2D eigenvalue weighted by Gasteiger charge is -2.22. The molecule has 0 aliphatic heterocycles. The molecule has 108 valence electrons. The lowest BCUT2D eigenvalue weighted by atomic mass is 10.2. The van der Waals surface area contributed by atoms with Crippen LogP contribution >= 0.6 is 0 Å². The fraction of sp³-hybridized carbons (Fsp3) is 0.267. The van der Waals surface area contributed by atoms with E-state index in [1.54, 1.807) is 10.9 Å². The fourth-order valence-corrected chi connectivity index (χ4v) is 2.19. The van der Waals surface area contributed by atoms with Gasteiger partial charge in [-0.25, -0.2) is 0 Å². The van der Waals surface area contributed by atoms with Gasteiger partial charge in [0.1, 0.15) is 5.76 Å². The lowest BCUT2D eigenvalue weighted by molar-refractivity contribution is 0.222. The van der Waals surface area contributed by atoms with E-state index < -0.39 is 0 Å². The van der Waals surface area contributed by atoms with E-state index in [2.05, 4.69) is 27.3 Å². The van der Waals surface area contributed by atoms with Crippen LogP contribution < -0.4 is 0 Å². The lowest BCUT2D eigenvalue weighted by Crippen LogP contribution is -2.24. The average Bonchev–Trinajstić information content (AvgIpc) is 3.18. The van der Waals surface area contributed by atoms with Crippen molar-refractivity contribution in [1.82, 2.24) is 25.1 Å². The van der Waals surface area contributed by atoms with Crippen molar-refractivity contribution < 1.29 is 4.42 Å². The molecule has 0 N–H and O–H groups in total. The summed E-state index contributed by atoms with van der Waals surface area (Å²) in [5, 5.41) is 12.1. The molecule has 0 amide bonds. The molecule has 6 heteroatoms. The van der Waals surface area contributed by atoms with Crippen LogP contribution in [0.3, 0.4) is 0 Å². The van der Waals surface area contributed by atoms with Gasteiger partial charge in [0.05, 0.1) is 24.5 Å². The first-order valence-corrected chi connectivity index (χ1v) is 6.82. The fourth-order valence-electron chi connectivity index (χ4n) is 2.19. The van der Waals surface area contributed by atoms with E-state index >= 15 is 0 Å².